The highest BCUT2D eigenvalue weighted by molar-refractivity contribution is 6.31. The first kappa shape index (κ1) is 14.2. The number of Topliss-reactive ketones (excluding diaryl/α,β-unsaturated/α-hetero) is 1. The van der Waals surface area contributed by atoms with Gasteiger partial charge in [0.25, 0.3) is 0 Å². The summed E-state index contributed by atoms with van der Waals surface area (Å²) in [6.07, 6.45) is -1.43. The van der Waals surface area contributed by atoms with E-state index in [9.17, 15) is 14.0 Å². The molecule has 18 heavy (non-hydrogen) atoms. The van der Waals surface area contributed by atoms with Crippen molar-refractivity contribution >= 4 is 23.5 Å². The molecule has 0 aliphatic rings. The van der Waals surface area contributed by atoms with Crippen molar-refractivity contribution in [3.63, 3.8) is 0 Å². The number of nitrogens with one attached hydrogen (secondary N) is 1. The molecule has 0 aromatic heterocycles. The highest BCUT2D eigenvalue weighted by Crippen LogP contribution is 2.28. The Morgan fingerprint density at radius 3 is 2.72 bits per heavy atom. The largest absolute Gasteiger partial charge is 0.496 e. The Morgan fingerprint density at radius 1 is 1.50 bits per heavy atom. The van der Waals surface area contributed by atoms with E-state index in [0.29, 0.717) is 0 Å². The van der Waals surface area contributed by atoms with Gasteiger partial charge in [-0.1, -0.05) is 11.6 Å². The van der Waals surface area contributed by atoms with Gasteiger partial charge in [-0.15, -0.1) is 0 Å². The maximum absolute atomic E-state index is 13.7. The molecule has 0 aliphatic heterocycles. The molecule has 0 bridgehead atoms. The second-order valence-corrected chi connectivity index (χ2v) is 3.75. The standard InChI is InChI=1S/C11H11ClFNO4/c1-18-8-3-2-6(12)10(13)9(8)7(15)4-5-14-11(16)17/h2-3,14H,4-5H2,1H3,(H,16,17). The van der Waals surface area contributed by atoms with E-state index in [4.69, 9.17) is 21.4 Å². The van der Waals surface area contributed by atoms with E-state index >= 15 is 0 Å². The maximum atomic E-state index is 13.7. The Kier molecular flexibility index (Phi) is 4.91. The molecule has 1 aromatic rings. The van der Waals surface area contributed by atoms with Crippen molar-refractivity contribution in [2.24, 2.45) is 0 Å². The fraction of sp³-hybridized carbons (Fsp3) is 0.273. The second-order valence-electron chi connectivity index (χ2n) is 3.34. The monoisotopic (exact) mass is 275 g/mol. The second kappa shape index (κ2) is 6.20. The van der Waals surface area contributed by atoms with Gasteiger partial charge in [-0.3, -0.25) is 4.79 Å². The summed E-state index contributed by atoms with van der Waals surface area (Å²) in [4.78, 5) is 22.0. The Balaban J connectivity index is 2.90. The van der Waals surface area contributed by atoms with Gasteiger partial charge in [0, 0.05) is 13.0 Å². The number of methoxy groups -OCH3 is 1. The van der Waals surface area contributed by atoms with E-state index in [-0.39, 0.29) is 29.3 Å². The number of carboxylic acid groups (broad SMARTS) is 1. The molecule has 0 heterocycles. The van der Waals surface area contributed by atoms with Crippen molar-refractivity contribution in [1.29, 1.82) is 0 Å². The topological polar surface area (TPSA) is 75.6 Å². The SMILES string of the molecule is COc1ccc(Cl)c(F)c1C(=O)CCNC(=O)O. The van der Waals surface area contributed by atoms with E-state index < -0.39 is 17.7 Å². The minimum atomic E-state index is -1.25. The fourth-order valence-electron chi connectivity index (χ4n) is 1.37. The maximum Gasteiger partial charge on any atom is 0.404 e. The zero-order valence-electron chi connectivity index (χ0n) is 9.50. The summed E-state index contributed by atoms with van der Waals surface area (Å²) in [5, 5.41) is 10.2. The van der Waals surface area contributed by atoms with Crippen molar-refractivity contribution in [1.82, 2.24) is 5.32 Å². The predicted octanol–water partition coefficient (Wildman–Crippen LogP) is 2.33. The van der Waals surface area contributed by atoms with Crippen LogP contribution in [-0.4, -0.2) is 30.6 Å². The molecular weight excluding hydrogens is 265 g/mol. The summed E-state index contributed by atoms with van der Waals surface area (Å²) in [5.74, 6) is -1.38. The van der Waals surface area contributed by atoms with Gasteiger partial charge >= 0.3 is 6.09 Å². The molecule has 0 saturated heterocycles. The van der Waals surface area contributed by atoms with Crippen LogP contribution in [0.15, 0.2) is 12.1 Å². The minimum Gasteiger partial charge on any atom is -0.496 e. The normalized spacial score (nSPS) is 9.94. The molecule has 0 unspecified atom stereocenters. The molecule has 0 aliphatic carbocycles. The lowest BCUT2D eigenvalue weighted by Crippen LogP contribution is -2.24. The van der Waals surface area contributed by atoms with Crippen LogP contribution in [0, 0.1) is 5.82 Å². The van der Waals surface area contributed by atoms with Crippen LogP contribution < -0.4 is 10.1 Å². The quantitative estimate of drug-likeness (QED) is 0.809. The molecule has 1 aromatic carbocycles. The summed E-state index contributed by atoms with van der Waals surface area (Å²) in [7, 11) is 1.30. The van der Waals surface area contributed by atoms with Crippen molar-refractivity contribution in [2.45, 2.75) is 6.42 Å². The molecule has 0 fully saturated rings. The zero-order chi connectivity index (χ0) is 13.7. The Labute approximate surface area is 108 Å². The zero-order valence-corrected chi connectivity index (χ0v) is 10.3. The first-order chi connectivity index (χ1) is 8.47. The average molecular weight is 276 g/mol. The Morgan fingerprint density at radius 2 is 2.17 bits per heavy atom. The lowest BCUT2D eigenvalue weighted by atomic mass is 10.1. The number of benzene rings is 1. The van der Waals surface area contributed by atoms with Crippen molar-refractivity contribution < 1.29 is 23.8 Å². The van der Waals surface area contributed by atoms with Crippen LogP contribution >= 0.6 is 11.6 Å². The summed E-state index contributed by atoms with van der Waals surface area (Å²) in [6, 6.07) is 2.66. The number of carbonyl (C=O) groups is 2. The predicted molar refractivity (Wildman–Crippen MR) is 62.9 cm³/mol. The molecule has 0 saturated carbocycles. The third-order valence-electron chi connectivity index (χ3n) is 2.18. The van der Waals surface area contributed by atoms with Crippen LogP contribution in [0.3, 0.4) is 0 Å². The van der Waals surface area contributed by atoms with E-state index in [0.717, 1.165) is 0 Å². The minimum absolute atomic E-state index is 0.0669. The molecule has 2 N–H and O–H groups in total. The van der Waals surface area contributed by atoms with Crippen LogP contribution in [-0.2, 0) is 0 Å². The number of rotatable bonds is 5. The lowest BCUT2D eigenvalue weighted by Gasteiger charge is -2.09. The van der Waals surface area contributed by atoms with Crippen LogP contribution in [0.5, 0.6) is 5.75 Å². The van der Waals surface area contributed by atoms with Gasteiger partial charge in [0.2, 0.25) is 0 Å². The van der Waals surface area contributed by atoms with E-state index in [2.05, 4.69) is 0 Å². The van der Waals surface area contributed by atoms with Crippen LogP contribution in [0.4, 0.5) is 9.18 Å². The van der Waals surface area contributed by atoms with Crippen LogP contribution in [0.1, 0.15) is 16.8 Å². The molecule has 98 valence electrons. The van der Waals surface area contributed by atoms with E-state index in [1.807, 2.05) is 5.32 Å². The average Bonchev–Trinajstić information content (AvgIpc) is 2.31. The summed E-state index contributed by atoms with van der Waals surface area (Å²) in [5.41, 5.74) is -0.266. The van der Waals surface area contributed by atoms with Gasteiger partial charge < -0.3 is 15.2 Å². The highest BCUT2D eigenvalue weighted by Gasteiger charge is 2.20. The van der Waals surface area contributed by atoms with E-state index in [1.165, 1.54) is 19.2 Å². The Hall–Kier alpha value is -1.82. The van der Waals surface area contributed by atoms with Gasteiger partial charge in [-0.05, 0) is 12.1 Å². The number of ketones is 1. The third kappa shape index (κ3) is 3.33. The number of halogens is 2. The van der Waals surface area contributed by atoms with Crippen molar-refractivity contribution in [2.75, 3.05) is 13.7 Å². The highest BCUT2D eigenvalue weighted by atomic mass is 35.5. The number of ether oxygens (including phenoxy) is 1. The van der Waals surface area contributed by atoms with Crippen LogP contribution in [0.25, 0.3) is 0 Å². The molecule has 7 heteroatoms. The molecule has 1 rings (SSSR count). The van der Waals surface area contributed by atoms with Gasteiger partial charge in [0.05, 0.1) is 17.7 Å². The van der Waals surface area contributed by atoms with Crippen molar-refractivity contribution in [3.8, 4) is 5.75 Å². The van der Waals surface area contributed by atoms with Gasteiger partial charge in [-0.25, -0.2) is 9.18 Å². The summed E-state index contributed by atoms with van der Waals surface area (Å²) >= 11 is 5.58. The molecule has 0 atom stereocenters. The molecule has 0 radical (unpaired) electrons. The number of hydrogen-bond acceptors (Lipinski definition) is 3. The summed E-state index contributed by atoms with van der Waals surface area (Å²) < 4.78 is 18.6. The van der Waals surface area contributed by atoms with Crippen molar-refractivity contribution in [3.05, 3.63) is 28.5 Å². The van der Waals surface area contributed by atoms with E-state index in [1.54, 1.807) is 0 Å². The van der Waals surface area contributed by atoms with Crippen LogP contribution in [0.2, 0.25) is 5.02 Å². The molecule has 5 nitrogen and oxygen atoms in total. The number of amides is 1. The van der Waals surface area contributed by atoms with Gasteiger partial charge in [-0.2, -0.15) is 0 Å². The molecule has 0 spiro atoms. The molecule has 1 amide bonds. The number of carbonyl (C=O) groups excluding carboxylic acids is 1. The fourth-order valence-corrected chi connectivity index (χ4v) is 1.53. The number of hydrogen-bond donors (Lipinski definition) is 2. The first-order valence-corrected chi connectivity index (χ1v) is 5.37. The first-order valence-electron chi connectivity index (χ1n) is 4.99. The summed E-state index contributed by atoms with van der Waals surface area (Å²) in [6.45, 7) is -0.108. The van der Waals surface area contributed by atoms with Gasteiger partial charge in [0.1, 0.15) is 5.75 Å². The lowest BCUT2D eigenvalue weighted by molar-refractivity contribution is 0.0976. The Bertz CT molecular complexity index is 478. The van der Waals surface area contributed by atoms with Gasteiger partial charge in [0.15, 0.2) is 11.6 Å². The smallest absolute Gasteiger partial charge is 0.404 e. The third-order valence-corrected chi connectivity index (χ3v) is 2.48. The molecular formula is C11H11ClFNO4.